The Morgan fingerprint density at radius 2 is 1.75 bits per heavy atom. The zero-order valence-corrected chi connectivity index (χ0v) is 9.29. The van der Waals surface area contributed by atoms with Crippen LogP contribution >= 0.6 is 0 Å². The summed E-state index contributed by atoms with van der Waals surface area (Å²) in [5.41, 5.74) is 9.52. The molecule has 0 aliphatic heterocycles. The van der Waals surface area contributed by atoms with E-state index >= 15 is 0 Å². The Balaban J connectivity index is 2.59. The summed E-state index contributed by atoms with van der Waals surface area (Å²) in [6.07, 6.45) is 1.73. The van der Waals surface area contributed by atoms with Gasteiger partial charge in [0.1, 0.15) is 11.6 Å². The average Bonchev–Trinajstić information content (AvgIpc) is 2.19. The minimum Gasteiger partial charge on any atom is -0.384 e. The van der Waals surface area contributed by atoms with Gasteiger partial charge in [0.15, 0.2) is 0 Å². The topological polar surface area (TPSA) is 38.9 Å². The molecular formula is C13H13FN2. The molecule has 0 atom stereocenters. The van der Waals surface area contributed by atoms with Gasteiger partial charge in [-0.25, -0.2) is 9.37 Å². The van der Waals surface area contributed by atoms with Gasteiger partial charge in [-0.15, -0.1) is 0 Å². The summed E-state index contributed by atoms with van der Waals surface area (Å²) in [6, 6.07) is 6.56. The van der Waals surface area contributed by atoms with Gasteiger partial charge < -0.3 is 5.73 Å². The van der Waals surface area contributed by atoms with Crippen molar-refractivity contribution in [1.29, 1.82) is 0 Å². The average molecular weight is 216 g/mol. The van der Waals surface area contributed by atoms with Gasteiger partial charge in [-0.05, 0) is 48.7 Å². The van der Waals surface area contributed by atoms with Crippen molar-refractivity contribution in [3.05, 3.63) is 47.4 Å². The summed E-state index contributed by atoms with van der Waals surface area (Å²) < 4.78 is 13.0. The Labute approximate surface area is 93.9 Å². The SMILES string of the molecule is Cc1cc(F)ccc1-c1cnc(N)cc1C. The first kappa shape index (κ1) is 10.6. The second kappa shape index (κ2) is 3.93. The van der Waals surface area contributed by atoms with E-state index in [1.54, 1.807) is 12.3 Å². The Morgan fingerprint density at radius 3 is 2.38 bits per heavy atom. The van der Waals surface area contributed by atoms with E-state index in [4.69, 9.17) is 5.73 Å². The van der Waals surface area contributed by atoms with E-state index in [0.717, 1.165) is 22.3 Å². The molecule has 0 saturated heterocycles. The maximum Gasteiger partial charge on any atom is 0.123 e. The van der Waals surface area contributed by atoms with Gasteiger partial charge in [0.2, 0.25) is 0 Å². The molecule has 0 aliphatic carbocycles. The summed E-state index contributed by atoms with van der Waals surface area (Å²) in [4.78, 5) is 4.06. The molecule has 0 radical (unpaired) electrons. The van der Waals surface area contributed by atoms with Gasteiger partial charge in [0.05, 0.1) is 0 Å². The zero-order valence-electron chi connectivity index (χ0n) is 9.29. The highest BCUT2D eigenvalue weighted by molar-refractivity contribution is 5.70. The van der Waals surface area contributed by atoms with Crippen LogP contribution in [0.1, 0.15) is 11.1 Å². The number of benzene rings is 1. The molecule has 0 spiro atoms. The molecule has 0 unspecified atom stereocenters. The quantitative estimate of drug-likeness (QED) is 0.795. The third-order valence-corrected chi connectivity index (χ3v) is 2.61. The first-order valence-electron chi connectivity index (χ1n) is 5.06. The van der Waals surface area contributed by atoms with Crippen LogP contribution in [0.25, 0.3) is 11.1 Å². The van der Waals surface area contributed by atoms with Crippen LogP contribution in [0.4, 0.5) is 10.2 Å². The van der Waals surface area contributed by atoms with Crippen molar-refractivity contribution in [1.82, 2.24) is 4.98 Å². The van der Waals surface area contributed by atoms with Crippen molar-refractivity contribution >= 4 is 5.82 Å². The molecular weight excluding hydrogens is 203 g/mol. The third-order valence-electron chi connectivity index (χ3n) is 2.61. The standard InChI is InChI=1S/C13H13FN2/c1-8-5-10(14)3-4-11(8)12-7-16-13(15)6-9(12)2/h3-7H,1-2H3,(H2,15,16). The number of pyridine rings is 1. The van der Waals surface area contributed by atoms with Crippen molar-refractivity contribution < 1.29 is 4.39 Å². The van der Waals surface area contributed by atoms with Crippen LogP contribution in [0.15, 0.2) is 30.5 Å². The smallest absolute Gasteiger partial charge is 0.123 e. The number of anilines is 1. The van der Waals surface area contributed by atoms with Crippen LogP contribution in [0, 0.1) is 19.7 Å². The largest absolute Gasteiger partial charge is 0.384 e. The first-order chi connectivity index (χ1) is 7.58. The third kappa shape index (κ3) is 1.89. The molecule has 2 rings (SSSR count). The second-order valence-corrected chi connectivity index (χ2v) is 3.88. The molecule has 0 bridgehead atoms. The van der Waals surface area contributed by atoms with E-state index in [2.05, 4.69) is 4.98 Å². The lowest BCUT2D eigenvalue weighted by atomic mass is 9.98. The molecule has 0 fully saturated rings. The monoisotopic (exact) mass is 216 g/mol. The van der Waals surface area contributed by atoms with Crippen LogP contribution in [0.2, 0.25) is 0 Å². The first-order valence-corrected chi connectivity index (χ1v) is 5.06. The number of halogens is 1. The number of nitrogens with zero attached hydrogens (tertiary/aromatic N) is 1. The summed E-state index contributed by atoms with van der Waals surface area (Å²) in [6.45, 7) is 3.85. The molecule has 0 amide bonds. The molecule has 2 nitrogen and oxygen atoms in total. The van der Waals surface area contributed by atoms with Crippen molar-refractivity contribution in [3.8, 4) is 11.1 Å². The van der Waals surface area contributed by atoms with Crippen molar-refractivity contribution in [2.75, 3.05) is 5.73 Å². The summed E-state index contributed by atoms with van der Waals surface area (Å²) in [5, 5.41) is 0. The van der Waals surface area contributed by atoms with Crippen LogP contribution in [0.5, 0.6) is 0 Å². The highest BCUT2D eigenvalue weighted by Gasteiger charge is 2.06. The Kier molecular flexibility index (Phi) is 2.60. The Morgan fingerprint density at radius 1 is 1.06 bits per heavy atom. The van der Waals surface area contributed by atoms with E-state index in [1.807, 2.05) is 19.9 Å². The molecule has 3 heteroatoms. The van der Waals surface area contributed by atoms with Crippen molar-refractivity contribution in [2.45, 2.75) is 13.8 Å². The molecule has 2 aromatic rings. The normalized spacial score (nSPS) is 10.4. The molecule has 0 aliphatic rings. The maximum atomic E-state index is 13.0. The minimum absolute atomic E-state index is 0.220. The van der Waals surface area contributed by atoms with Gasteiger partial charge in [-0.3, -0.25) is 0 Å². The molecule has 1 heterocycles. The van der Waals surface area contributed by atoms with E-state index in [1.165, 1.54) is 12.1 Å². The molecule has 0 saturated carbocycles. The summed E-state index contributed by atoms with van der Waals surface area (Å²) >= 11 is 0. The molecule has 2 N–H and O–H groups in total. The predicted octanol–water partition coefficient (Wildman–Crippen LogP) is 3.09. The van der Waals surface area contributed by atoms with Crippen LogP contribution in [-0.2, 0) is 0 Å². The highest BCUT2D eigenvalue weighted by atomic mass is 19.1. The van der Waals surface area contributed by atoms with E-state index in [9.17, 15) is 4.39 Å². The fourth-order valence-electron chi connectivity index (χ4n) is 1.79. The van der Waals surface area contributed by atoms with Gasteiger partial charge in [-0.2, -0.15) is 0 Å². The number of aryl methyl sites for hydroxylation is 2. The van der Waals surface area contributed by atoms with Gasteiger partial charge in [0.25, 0.3) is 0 Å². The molecule has 16 heavy (non-hydrogen) atoms. The fraction of sp³-hybridized carbons (Fsp3) is 0.154. The highest BCUT2D eigenvalue weighted by Crippen LogP contribution is 2.27. The van der Waals surface area contributed by atoms with Crippen LogP contribution < -0.4 is 5.73 Å². The molecule has 1 aromatic carbocycles. The van der Waals surface area contributed by atoms with Crippen molar-refractivity contribution in [3.63, 3.8) is 0 Å². The van der Waals surface area contributed by atoms with Crippen LogP contribution in [0.3, 0.4) is 0 Å². The summed E-state index contributed by atoms with van der Waals surface area (Å²) in [5.74, 6) is 0.281. The number of nitrogen functional groups attached to an aromatic ring is 1. The predicted molar refractivity (Wildman–Crippen MR) is 63.5 cm³/mol. The zero-order chi connectivity index (χ0) is 11.7. The minimum atomic E-state index is -0.220. The maximum absolute atomic E-state index is 13.0. The van der Waals surface area contributed by atoms with Crippen LogP contribution in [-0.4, -0.2) is 4.98 Å². The fourth-order valence-corrected chi connectivity index (χ4v) is 1.79. The number of aromatic nitrogens is 1. The number of hydrogen-bond donors (Lipinski definition) is 1. The number of rotatable bonds is 1. The lowest BCUT2D eigenvalue weighted by Crippen LogP contribution is -1.94. The van der Waals surface area contributed by atoms with Crippen molar-refractivity contribution in [2.24, 2.45) is 0 Å². The van der Waals surface area contributed by atoms with Gasteiger partial charge >= 0.3 is 0 Å². The van der Waals surface area contributed by atoms with E-state index in [-0.39, 0.29) is 5.82 Å². The Bertz CT molecular complexity index is 486. The number of hydrogen-bond acceptors (Lipinski definition) is 2. The van der Waals surface area contributed by atoms with Gasteiger partial charge in [0, 0.05) is 11.8 Å². The van der Waals surface area contributed by atoms with E-state index < -0.39 is 0 Å². The lowest BCUT2D eigenvalue weighted by molar-refractivity contribution is 0.627. The summed E-state index contributed by atoms with van der Waals surface area (Å²) in [7, 11) is 0. The van der Waals surface area contributed by atoms with E-state index in [0.29, 0.717) is 5.82 Å². The molecule has 1 aromatic heterocycles. The number of nitrogens with two attached hydrogens (primary N) is 1. The molecule has 82 valence electrons. The lowest BCUT2D eigenvalue weighted by Gasteiger charge is -2.09. The second-order valence-electron chi connectivity index (χ2n) is 3.88. The van der Waals surface area contributed by atoms with Gasteiger partial charge in [-0.1, -0.05) is 6.07 Å². The Hall–Kier alpha value is -1.90.